The van der Waals surface area contributed by atoms with Crippen molar-refractivity contribution in [2.24, 2.45) is 5.73 Å². The number of carbonyl (C=O) groups excluding carboxylic acids is 1. The predicted octanol–water partition coefficient (Wildman–Crippen LogP) is 1.71. The molecular weight excluding hydrogens is 268 g/mol. The molecule has 0 heterocycles. The third-order valence-corrected chi connectivity index (χ3v) is 2.55. The van der Waals surface area contributed by atoms with E-state index >= 15 is 0 Å². The largest absolute Gasteiger partial charge is 0.493 e. The van der Waals surface area contributed by atoms with Crippen molar-refractivity contribution < 1.29 is 14.3 Å². The van der Waals surface area contributed by atoms with E-state index in [2.05, 4.69) is 5.32 Å². The molecular formula is C13H19ClN2O3. The number of benzene rings is 1. The van der Waals surface area contributed by atoms with E-state index < -0.39 is 0 Å². The average molecular weight is 287 g/mol. The lowest BCUT2D eigenvalue weighted by molar-refractivity contribution is -0.123. The van der Waals surface area contributed by atoms with Gasteiger partial charge in [-0.2, -0.15) is 0 Å². The van der Waals surface area contributed by atoms with Gasteiger partial charge in [0, 0.05) is 29.2 Å². The van der Waals surface area contributed by atoms with Crippen LogP contribution in [-0.2, 0) is 11.3 Å². The van der Waals surface area contributed by atoms with Crippen LogP contribution in [0.2, 0.25) is 5.02 Å². The van der Waals surface area contributed by atoms with E-state index in [0.717, 1.165) is 0 Å². The molecule has 0 unspecified atom stereocenters. The molecule has 0 spiro atoms. The van der Waals surface area contributed by atoms with Gasteiger partial charge in [-0.1, -0.05) is 11.6 Å². The number of ether oxygens (including phenoxy) is 2. The average Bonchev–Trinajstić information content (AvgIpc) is 2.35. The van der Waals surface area contributed by atoms with Crippen LogP contribution < -0.4 is 20.5 Å². The van der Waals surface area contributed by atoms with E-state index in [9.17, 15) is 4.79 Å². The Morgan fingerprint density at radius 3 is 2.68 bits per heavy atom. The van der Waals surface area contributed by atoms with Gasteiger partial charge in [-0.3, -0.25) is 4.79 Å². The first kappa shape index (κ1) is 15.6. The number of methoxy groups -OCH3 is 1. The van der Waals surface area contributed by atoms with Crippen molar-refractivity contribution in [3.63, 3.8) is 0 Å². The molecule has 0 bridgehead atoms. The van der Waals surface area contributed by atoms with E-state index in [1.165, 1.54) is 7.11 Å². The fourth-order valence-corrected chi connectivity index (χ4v) is 1.82. The van der Waals surface area contributed by atoms with Crippen LogP contribution >= 0.6 is 11.6 Å². The van der Waals surface area contributed by atoms with E-state index in [4.69, 9.17) is 26.8 Å². The van der Waals surface area contributed by atoms with Crippen LogP contribution in [0.1, 0.15) is 19.4 Å². The number of nitrogens with two attached hydrogens (primary N) is 1. The minimum absolute atomic E-state index is 0.0668. The van der Waals surface area contributed by atoms with Crippen LogP contribution in [0.15, 0.2) is 12.1 Å². The molecule has 1 aromatic rings. The highest BCUT2D eigenvalue weighted by molar-refractivity contribution is 6.30. The lowest BCUT2D eigenvalue weighted by atomic mass is 10.2. The highest BCUT2D eigenvalue weighted by Crippen LogP contribution is 2.34. The maximum absolute atomic E-state index is 11.6. The van der Waals surface area contributed by atoms with Gasteiger partial charge < -0.3 is 20.5 Å². The van der Waals surface area contributed by atoms with E-state index in [1.54, 1.807) is 12.1 Å². The summed E-state index contributed by atoms with van der Waals surface area (Å²) in [6, 6.07) is 3.38. The van der Waals surface area contributed by atoms with Gasteiger partial charge in [0.1, 0.15) is 0 Å². The number of nitrogens with one attached hydrogen (secondary N) is 1. The van der Waals surface area contributed by atoms with Crippen LogP contribution in [0.5, 0.6) is 11.5 Å². The second kappa shape index (κ2) is 7.21. The fourth-order valence-electron chi connectivity index (χ4n) is 1.59. The molecule has 1 amide bonds. The van der Waals surface area contributed by atoms with Crippen LogP contribution in [-0.4, -0.2) is 25.7 Å². The molecule has 0 aromatic heterocycles. The Kier molecular flexibility index (Phi) is 5.92. The van der Waals surface area contributed by atoms with Crippen molar-refractivity contribution in [2.75, 3.05) is 13.7 Å². The first-order valence-electron chi connectivity index (χ1n) is 5.96. The Morgan fingerprint density at radius 2 is 2.16 bits per heavy atom. The summed E-state index contributed by atoms with van der Waals surface area (Å²) in [5, 5.41) is 3.25. The maximum Gasteiger partial charge on any atom is 0.258 e. The van der Waals surface area contributed by atoms with Crippen molar-refractivity contribution in [3.05, 3.63) is 22.7 Å². The molecule has 3 N–H and O–H groups in total. The van der Waals surface area contributed by atoms with E-state index in [0.29, 0.717) is 22.1 Å². The molecule has 0 aliphatic rings. The Morgan fingerprint density at radius 1 is 1.47 bits per heavy atom. The number of rotatable bonds is 6. The zero-order valence-corrected chi connectivity index (χ0v) is 12.1. The summed E-state index contributed by atoms with van der Waals surface area (Å²) in [5.74, 6) is 0.716. The Balaban J connectivity index is 2.84. The molecule has 19 heavy (non-hydrogen) atoms. The third kappa shape index (κ3) is 4.61. The normalized spacial score (nSPS) is 10.4. The summed E-state index contributed by atoms with van der Waals surface area (Å²) in [4.78, 5) is 11.6. The van der Waals surface area contributed by atoms with Crippen molar-refractivity contribution in [1.82, 2.24) is 5.32 Å². The predicted molar refractivity (Wildman–Crippen MR) is 74.7 cm³/mol. The molecule has 0 saturated heterocycles. The zero-order valence-electron chi connectivity index (χ0n) is 11.3. The van der Waals surface area contributed by atoms with Crippen molar-refractivity contribution in [2.45, 2.75) is 26.4 Å². The summed E-state index contributed by atoms with van der Waals surface area (Å²) in [6.45, 7) is 3.92. The number of hydrogen-bond acceptors (Lipinski definition) is 4. The number of halogens is 1. The van der Waals surface area contributed by atoms with Crippen molar-refractivity contribution >= 4 is 17.5 Å². The molecule has 0 fully saturated rings. The van der Waals surface area contributed by atoms with Crippen LogP contribution in [0, 0.1) is 0 Å². The van der Waals surface area contributed by atoms with Gasteiger partial charge in [0.15, 0.2) is 18.1 Å². The lowest BCUT2D eigenvalue weighted by Crippen LogP contribution is -2.34. The Bertz CT molecular complexity index is 425. The molecule has 1 rings (SSSR count). The number of hydrogen-bond donors (Lipinski definition) is 2. The van der Waals surface area contributed by atoms with Crippen LogP contribution in [0.3, 0.4) is 0 Å². The Labute approximate surface area is 118 Å². The van der Waals surface area contributed by atoms with Gasteiger partial charge in [0.25, 0.3) is 5.91 Å². The second-order valence-corrected chi connectivity index (χ2v) is 4.75. The quantitative estimate of drug-likeness (QED) is 0.835. The fraction of sp³-hybridized carbons (Fsp3) is 0.462. The second-order valence-electron chi connectivity index (χ2n) is 4.31. The number of carbonyl (C=O) groups is 1. The molecule has 106 valence electrons. The molecule has 0 radical (unpaired) electrons. The summed E-state index contributed by atoms with van der Waals surface area (Å²) >= 11 is 5.94. The third-order valence-electron chi connectivity index (χ3n) is 2.33. The van der Waals surface area contributed by atoms with E-state index in [-0.39, 0.29) is 25.1 Å². The Hall–Kier alpha value is -1.46. The maximum atomic E-state index is 11.6. The summed E-state index contributed by atoms with van der Waals surface area (Å²) < 4.78 is 10.7. The molecule has 0 saturated carbocycles. The van der Waals surface area contributed by atoms with Gasteiger partial charge in [-0.15, -0.1) is 0 Å². The highest BCUT2D eigenvalue weighted by Gasteiger charge is 2.14. The van der Waals surface area contributed by atoms with Crippen LogP contribution in [0.25, 0.3) is 0 Å². The van der Waals surface area contributed by atoms with Gasteiger partial charge in [0.05, 0.1) is 7.11 Å². The monoisotopic (exact) mass is 286 g/mol. The molecule has 0 aliphatic carbocycles. The minimum Gasteiger partial charge on any atom is -0.493 e. The van der Waals surface area contributed by atoms with Gasteiger partial charge in [-0.05, 0) is 19.9 Å². The lowest BCUT2D eigenvalue weighted by Gasteiger charge is -2.15. The van der Waals surface area contributed by atoms with Gasteiger partial charge in [-0.25, -0.2) is 0 Å². The van der Waals surface area contributed by atoms with Crippen molar-refractivity contribution in [3.8, 4) is 11.5 Å². The first-order chi connectivity index (χ1) is 8.97. The standard InChI is InChI=1S/C13H19ClN2O3/c1-8(2)16-12(17)7-19-13-9(6-15)4-10(14)5-11(13)18-3/h4-5,8H,6-7,15H2,1-3H3,(H,16,17). The molecule has 1 aromatic carbocycles. The topological polar surface area (TPSA) is 73.6 Å². The highest BCUT2D eigenvalue weighted by atomic mass is 35.5. The molecule has 0 atom stereocenters. The molecule has 0 aliphatic heterocycles. The zero-order chi connectivity index (χ0) is 14.4. The smallest absolute Gasteiger partial charge is 0.258 e. The first-order valence-corrected chi connectivity index (χ1v) is 6.34. The summed E-state index contributed by atoms with van der Waals surface area (Å²) in [7, 11) is 1.51. The SMILES string of the molecule is COc1cc(Cl)cc(CN)c1OCC(=O)NC(C)C. The summed E-state index contributed by atoms with van der Waals surface area (Å²) in [6.07, 6.45) is 0. The van der Waals surface area contributed by atoms with Crippen molar-refractivity contribution in [1.29, 1.82) is 0 Å². The minimum atomic E-state index is -0.199. The molecule has 5 nitrogen and oxygen atoms in total. The van der Waals surface area contributed by atoms with Gasteiger partial charge >= 0.3 is 0 Å². The van der Waals surface area contributed by atoms with E-state index in [1.807, 2.05) is 13.8 Å². The van der Waals surface area contributed by atoms with Crippen LogP contribution in [0.4, 0.5) is 0 Å². The molecule has 6 heteroatoms. The summed E-state index contributed by atoms with van der Waals surface area (Å²) in [5.41, 5.74) is 6.33. The van der Waals surface area contributed by atoms with Gasteiger partial charge in [0.2, 0.25) is 0 Å². The number of amides is 1.